The lowest BCUT2D eigenvalue weighted by molar-refractivity contribution is 0.0926. The molecule has 0 aliphatic carbocycles. The second-order valence-corrected chi connectivity index (χ2v) is 6.06. The highest BCUT2D eigenvalue weighted by atomic mass is 16.1. The molecule has 3 aromatic rings. The van der Waals surface area contributed by atoms with Gasteiger partial charge in [0.25, 0.3) is 11.7 Å². The summed E-state index contributed by atoms with van der Waals surface area (Å²) in [6, 6.07) is 3.76. The number of aromatic nitrogens is 6. The van der Waals surface area contributed by atoms with Crippen molar-refractivity contribution < 1.29 is 4.79 Å². The van der Waals surface area contributed by atoms with Crippen LogP contribution in [0.15, 0.2) is 31.0 Å². The molecule has 4 rings (SSSR count). The van der Waals surface area contributed by atoms with Crippen LogP contribution in [0.5, 0.6) is 0 Å². The highest BCUT2D eigenvalue weighted by Crippen LogP contribution is 2.21. The van der Waals surface area contributed by atoms with Gasteiger partial charge < -0.3 is 10.2 Å². The fourth-order valence-corrected chi connectivity index (χ4v) is 3.07. The molecule has 25 heavy (non-hydrogen) atoms. The summed E-state index contributed by atoms with van der Waals surface area (Å²) in [6.07, 6.45) is 6.18. The molecular weight excluding hydrogens is 320 g/mol. The molecule has 0 aromatic carbocycles. The highest BCUT2D eigenvalue weighted by molar-refractivity contribution is 5.92. The lowest BCUT2D eigenvalue weighted by Gasteiger charge is -2.33. The Hall–Kier alpha value is -3.10. The van der Waals surface area contributed by atoms with Gasteiger partial charge in [0.2, 0.25) is 0 Å². The van der Waals surface area contributed by atoms with Crippen LogP contribution in [-0.2, 0) is 0 Å². The molecule has 1 aliphatic rings. The molecule has 1 saturated heterocycles. The molecule has 0 saturated carbocycles. The number of carbonyl (C=O) groups is 1. The van der Waals surface area contributed by atoms with Gasteiger partial charge in [0.05, 0.1) is 0 Å². The smallest absolute Gasteiger partial charge is 0.270 e. The van der Waals surface area contributed by atoms with Gasteiger partial charge in [-0.3, -0.25) is 4.79 Å². The molecule has 0 atom stereocenters. The maximum Gasteiger partial charge on any atom is 0.270 e. The van der Waals surface area contributed by atoms with Crippen LogP contribution in [0.3, 0.4) is 0 Å². The summed E-state index contributed by atoms with van der Waals surface area (Å²) in [6.45, 7) is 3.60. The Morgan fingerprint density at radius 1 is 1.24 bits per heavy atom. The fraction of sp³-hybridized carbons (Fsp3) is 0.375. The number of hydrogen-bond donors (Lipinski definition) is 1. The van der Waals surface area contributed by atoms with Crippen LogP contribution < -0.4 is 10.2 Å². The SMILES string of the molecule is Cc1cc(N2CCC(NC(=O)c3ccncn3)CC2)n2ncnc2n1. The number of anilines is 1. The molecule has 128 valence electrons. The Labute approximate surface area is 144 Å². The minimum atomic E-state index is -0.153. The van der Waals surface area contributed by atoms with Gasteiger partial charge in [0, 0.05) is 37.1 Å². The van der Waals surface area contributed by atoms with E-state index in [9.17, 15) is 4.79 Å². The van der Waals surface area contributed by atoms with E-state index in [4.69, 9.17) is 0 Å². The molecule has 1 N–H and O–H groups in total. The zero-order valence-corrected chi connectivity index (χ0v) is 13.8. The van der Waals surface area contributed by atoms with Crippen molar-refractivity contribution in [3.8, 4) is 0 Å². The molecule has 1 aliphatic heterocycles. The quantitative estimate of drug-likeness (QED) is 0.747. The molecule has 0 bridgehead atoms. The van der Waals surface area contributed by atoms with Gasteiger partial charge in [-0.25, -0.2) is 15.0 Å². The van der Waals surface area contributed by atoms with Crippen LogP contribution in [0.4, 0.5) is 5.82 Å². The van der Waals surface area contributed by atoms with Crippen molar-refractivity contribution in [2.75, 3.05) is 18.0 Å². The Bertz CT molecular complexity index is 886. The predicted molar refractivity (Wildman–Crippen MR) is 90.3 cm³/mol. The third-order valence-electron chi connectivity index (χ3n) is 4.33. The summed E-state index contributed by atoms with van der Waals surface area (Å²) in [5, 5.41) is 7.31. The molecule has 1 fully saturated rings. The summed E-state index contributed by atoms with van der Waals surface area (Å²) in [4.78, 5) is 30.8. The first-order chi connectivity index (χ1) is 12.2. The van der Waals surface area contributed by atoms with Gasteiger partial charge in [0.1, 0.15) is 24.2 Å². The van der Waals surface area contributed by atoms with E-state index in [2.05, 4.69) is 35.3 Å². The average Bonchev–Trinajstić information content (AvgIpc) is 3.11. The molecule has 9 heteroatoms. The van der Waals surface area contributed by atoms with Crippen molar-refractivity contribution in [2.24, 2.45) is 0 Å². The maximum absolute atomic E-state index is 12.2. The van der Waals surface area contributed by atoms with Gasteiger partial charge in [-0.2, -0.15) is 14.6 Å². The number of nitrogens with zero attached hydrogens (tertiary/aromatic N) is 7. The van der Waals surface area contributed by atoms with E-state index in [-0.39, 0.29) is 11.9 Å². The van der Waals surface area contributed by atoms with E-state index >= 15 is 0 Å². The second-order valence-electron chi connectivity index (χ2n) is 6.06. The zero-order chi connectivity index (χ0) is 17.2. The second kappa shape index (κ2) is 6.42. The number of aryl methyl sites for hydroxylation is 1. The number of nitrogens with one attached hydrogen (secondary N) is 1. The van der Waals surface area contributed by atoms with Crippen molar-refractivity contribution in [1.82, 2.24) is 34.9 Å². The number of fused-ring (bicyclic) bond motifs is 1. The lowest BCUT2D eigenvalue weighted by Crippen LogP contribution is -2.45. The highest BCUT2D eigenvalue weighted by Gasteiger charge is 2.23. The summed E-state index contributed by atoms with van der Waals surface area (Å²) in [5.41, 5.74) is 1.31. The van der Waals surface area contributed by atoms with E-state index < -0.39 is 0 Å². The number of amides is 1. The predicted octanol–water partition coefficient (Wildman–Crippen LogP) is 0.622. The molecule has 3 aromatic heterocycles. The monoisotopic (exact) mass is 338 g/mol. The van der Waals surface area contributed by atoms with Crippen LogP contribution in [0.1, 0.15) is 29.0 Å². The fourth-order valence-electron chi connectivity index (χ4n) is 3.07. The standard InChI is InChI=1S/C16H18N8O/c1-11-8-14(24-16(21-11)19-10-20-24)23-6-3-12(4-7-23)22-15(25)13-2-5-17-9-18-13/h2,5,8-10,12H,3-4,6-7H2,1H3,(H,22,25). The van der Waals surface area contributed by atoms with Gasteiger partial charge in [-0.05, 0) is 25.8 Å². The molecule has 4 heterocycles. The Balaban J connectivity index is 1.43. The largest absolute Gasteiger partial charge is 0.356 e. The van der Waals surface area contributed by atoms with Crippen molar-refractivity contribution in [3.05, 3.63) is 42.4 Å². The topological polar surface area (TPSA) is 101 Å². The van der Waals surface area contributed by atoms with E-state index in [1.54, 1.807) is 16.8 Å². The first kappa shape index (κ1) is 15.4. The summed E-state index contributed by atoms with van der Waals surface area (Å²) < 4.78 is 1.76. The van der Waals surface area contributed by atoms with Gasteiger partial charge in [-0.15, -0.1) is 0 Å². The summed E-state index contributed by atoms with van der Waals surface area (Å²) >= 11 is 0. The molecular formula is C16H18N8O. The van der Waals surface area contributed by atoms with Crippen molar-refractivity contribution in [1.29, 1.82) is 0 Å². The van der Waals surface area contributed by atoms with Crippen molar-refractivity contribution >= 4 is 17.5 Å². The lowest BCUT2D eigenvalue weighted by atomic mass is 10.0. The van der Waals surface area contributed by atoms with Gasteiger partial charge >= 0.3 is 0 Å². The van der Waals surface area contributed by atoms with Crippen LogP contribution in [0.2, 0.25) is 0 Å². The molecule has 9 nitrogen and oxygen atoms in total. The van der Waals surface area contributed by atoms with Crippen LogP contribution in [0.25, 0.3) is 5.78 Å². The number of carbonyl (C=O) groups excluding carboxylic acids is 1. The summed E-state index contributed by atoms with van der Waals surface area (Å²) in [5.74, 6) is 1.44. The summed E-state index contributed by atoms with van der Waals surface area (Å²) in [7, 11) is 0. The Morgan fingerprint density at radius 3 is 2.84 bits per heavy atom. The van der Waals surface area contributed by atoms with E-state index in [1.807, 2.05) is 13.0 Å². The first-order valence-electron chi connectivity index (χ1n) is 8.20. The molecule has 1 amide bonds. The maximum atomic E-state index is 12.2. The van der Waals surface area contributed by atoms with Crippen LogP contribution in [-0.4, -0.2) is 54.6 Å². The molecule has 0 radical (unpaired) electrons. The van der Waals surface area contributed by atoms with Gasteiger partial charge in [0.15, 0.2) is 0 Å². The number of rotatable bonds is 3. The van der Waals surface area contributed by atoms with E-state index in [0.717, 1.165) is 37.4 Å². The van der Waals surface area contributed by atoms with Gasteiger partial charge in [-0.1, -0.05) is 0 Å². The van der Waals surface area contributed by atoms with Crippen LogP contribution in [0, 0.1) is 6.92 Å². The third-order valence-corrected chi connectivity index (χ3v) is 4.33. The Morgan fingerprint density at radius 2 is 2.08 bits per heavy atom. The first-order valence-corrected chi connectivity index (χ1v) is 8.20. The molecule has 0 spiro atoms. The van der Waals surface area contributed by atoms with E-state index in [1.165, 1.54) is 12.7 Å². The van der Waals surface area contributed by atoms with Crippen LogP contribution >= 0.6 is 0 Å². The van der Waals surface area contributed by atoms with Crippen molar-refractivity contribution in [3.63, 3.8) is 0 Å². The van der Waals surface area contributed by atoms with E-state index in [0.29, 0.717) is 11.5 Å². The minimum Gasteiger partial charge on any atom is -0.356 e. The number of hydrogen-bond acceptors (Lipinski definition) is 7. The number of piperidine rings is 1. The normalized spacial score (nSPS) is 15.5. The zero-order valence-electron chi connectivity index (χ0n) is 13.8. The Kier molecular flexibility index (Phi) is 3.96. The minimum absolute atomic E-state index is 0.132. The third kappa shape index (κ3) is 3.12. The average molecular weight is 338 g/mol. The van der Waals surface area contributed by atoms with Crippen molar-refractivity contribution in [2.45, 2.75) is 25.8 Å². The molecule has 0 unspecified atom stereocenters.